The third-order valence-electron chi connectivity index (χ3n) is 2.00. The summed E-state index contributed by atoms with van der Waals surface area (Å²) in [6.45, 7) is 0. The molecule has 0 fully saturated rings. The van der Waals surface area contributed by atoms with Crippen molar-refractivity contribution in [3.63, 3.8) is 0 Å². The summed E-state index contributed by atoms with van der Waals surface area (Å²) in [6.07, 6.45) is 1.79. The summed E-state index contributed by atoms with van der Waals surface area (Å²) in [5.74, 6) is 0.811. The average molecular weight is 241 g/mol. The molecule has 0 saturated carbocycles. The van der Waals surface area contributed by atoms with Crippen molar-refractivity contribution in [2.75, 3.05) is 7.11 Å². The lowest BCUT2D eigenvalue weighted by Gasteiger charge is -2.02. The number of aryl methyl sites for hydroxylation is 1. The molecule has 0 atom stereocenters. The molecule has 2 rings (SSSR count). The predicted molar refractivity (Wildman–Crippen MR) is 55.0 cm³/mol. The average Bonchev–Trinajstić information content (AvgIpc) is 2.47. The molecule has 1 aromatic heterocycles. The van der Waals surface area contributed by atoms with E-state index in [4.69, 9.17) is 4.74 Å². The molecule has 0 radical (unpaired) electrons. The van der Waals surface area contributed by atoms with Crippen molar-refractivity contribution in [3.05, 3.63) is 22.9 Å². The van der Waals surface area contributed by atoms with Gasteiger partial charge in [-0.05, 0) is 22.0 Å². The van der Waals surface area contributed by atoms with Gasteiger partial charge in [0, 0.05) is 13.1 Å². The number of fused-ring (bicyclic) bond motifs is 1. The minimum Gasteiger partial charge on any atom is -0.495 e. The van der Waals surface area contributed by atoms with E-state index in [-0.39, 0.29) is 0 Å². The molecule has 1 aromatic carbocycles. The Morgan fingerprint density at radius 1 is 1.46 bits per heavy atom. The van der Waals surface area contributed by atoms with Gasteiger partial charge in [-0.15, -0.1) is 0 Å². The molecule has 0 aliphatic carbocycles. The monoisotopic (exact) mass is 240 g/mol. The number of nitrogens with zero attached hydrogens (tertiary/aromatic N) is 2. The van der Waals surface area contributed by atoms with Crippen molar-refractivity contribution in [3.8, 4) is 5.75 Å². The van der Waals surface area contributed by atoms with E-state index < -0.39 is 0 Å². The first-order chi connectivity index (χ1) is 6.22. The maximum atomic E-state index is 5.17. The molecule has 0 saturated heterocycles. The molecule has 13 heavy (non-hydrogen) atoms. The van der Waals surface area contributed by atoms with Gasteiger partial charge in [0.25, 0.3) is 0 Å². The largest absolute Gasteiger partial charge is 0.495 e. The number of ether oxygens (including phenoxy) is 1. The van der Waals surface area contributed by atoms with Gasteiger partial charge >= 0.3 is 0 Å². The van der Waals surface area contributed by atoms with E-state index in [1.54, 1.807) is 13.4 Å². The highest BCUT2D eigenvalue weighted by molar-refractivity contribution is 9.10. The highest BCUT2D eigenvalue weighted by Crippen LogP contribution is 2.29. The molecule has 1 heterocycles. The number of aromatic nitrogens is 2. The number of imidazole rings is 1. The minimum atomic E-state index is 0.811. The van der Waals surface area contributed by atoms with Crippen molar-refractivity contribution in [2.45, 2.75) is 0 Å². The maximum absolute atomic E-state index is 5.17. The smallest absolute Gasteiger partial charge is 0.135 e. The summed E-state index contributed by atoms with van der Waals surface area (Å²) in [5.41, 5.74) is 2.04. The van der Waals surface area contributed by atoms with Crippen molar-refractivity contribution in [2.24, 2.45) is 7.05 Å². The Hall–Kier alpha value is -1.03. The van der Waals surface area contributed by atoms with Crippen molar-refractivity contribution in [1.82, 2.24) is 9.55 Å². The van der Waals surface area contributed by atoms with Crippen LogP contribution in [0.5, 0.6) is 5.75 Å². The lowest BCUT2D eigenvalue weighted by atomic mass is 10.3. The molecule has 0 aliphatic heterocycles. The summed E-state index contributed by atoms with van der Waals surface area (Å²) in [4.78, 5) is 4.23. The van der Waals surface area contributed by atoms with Gasteiger partial charge in [0.1, 0.15) is 5.75 Å². The molecular weight excluding hydrogens is 232 g/mol. The molecule has 0 spiro atoms. The fraction of sp³-hybridized carbons (Fsp3) is 0.222. The molecular formula is C9H9BrN2O. The lowest BCUT2D eigenvalue weighted by Crippen LogP contribution is -1.87. The fourth-order valence-electron chi connectivity index (χ4n) is 1.29. The second kappa shape index (κ2) is 3.03. The van der Waals surface area contributed by atoms with Crippen LogP contribution in [0.15, 0.2) is 22.9 Å². The van der Waals surface area contributed by atoms with Crippen LogP contribution in [-0.2, 0) is 7.05 Å². The molecule has 4 heteroatoms. The van der Waals surface area contributed by atoms with Crippen molar-refractivity contribution < 1.29 is 4.74 Å². The second-order valence-corrected chi connectivity index (χ2v) is 3.69. The first-order valence-electron chi connectivity index (χ1n) is 3.87. The van der Waals surface area contributed by atoms with E-state index in [9.17, 15) is 0 Å². The van der Waals surface area contributed by atoms with Crippen LogP contribution >= 0.6 is 15.9 Å². The molecule has 3 nitrogen and oxygen atoms in total. The highest BCUT2D eigenvalue weighted by Gasteiger charge is 2.05. The van der Waals surface area contributed by atoms with Crippen LogP contribution in [0.3, 0.4) is 0 Å². The Morgan fingerprint density at radius 3 is 2.92 bits per heavy atom. The van der Waals surface area contributed by atoms with Crippen molar-refractivity contribution in [1.29, 1.82) is 0 Å². The third kappa shape index (κ3) is 1.31. The Balaban J connectivity index is 2.76. The standard InChI is InChI=1S/C9H9BrN2O/c1-12-5-11-7-4-9(13-2)6(10)3-8(7)12/h3-5H,1-2H3. The van der Waals surface area contributed by atoms with Gasteiger partial charge in [-0.3, -0.25) is 0 Å². The molecule has 68 valence electrons. The lowest BCUT2D eigenvalue weighted by molar-refractivity contribution is 0.412. The number of hydrogen-bond acceptors (Lipinski definition) is 2. The van der Waals surface area contributed by atoms with E-state index in [0.29, 0.717) is 0 Å². The zero-order valence-electron chi connectivity index (χ0n) is 7.41. The van der Waals surface area contributed by atoms with Crippen LogP contribution in [0.25, 0.3) is 11.0 Å². The quantitative estimate of drug-likeness (QED) is 0.766. The number of rotatable bonds is 1. The number of benzene rings is 1. The van der Waals surface area contributed by atoms with Crippen LogP contribution < -0.4 is 4.74 Å². The zero-order valence-corrected chi connectivity index (χ0v) is 9.00. The van der Waals surface area contributed by atoms with Crippen LogP contribution in [0.2, 0.25) is 0 Å². The SMILES string of the molecule is COc1cc2ncn(C)c2cc1Br. The fourth-order valence-corrected chi connectivity index (χ4v) is 1.78. The Labute approximate surface area is 84.5 Å². The summed E-state index contributed by atoms with van der Waals surface area (Å²) >= 11 is 3.43. The van der Waals surface area contributed by atoms with Gasteiger partial charge in [-0.1, -0.05) is 0 Å². The Bertz CT molecular complexity index is 450. The topological polar surface area (TPSA) is 27.1 Å². The summed E-state index contributed by atoms with van der Waals surface area (Å²) in [5, 5.41) is 0. The maximum Gasteiger partial charge on any atom is 0.135 e. The summed E-state index contributed by atoms with van der Waals surface area (Å²) in [6, 6.07) is 3.92. The van der Waals surface area contributed by atoms with E-state index in [0.717, 1.165) is 21.3 Å². The molecule has 0 bridgehead atoms. The normalized spacial score (nSPS) is 10.7. The Kier molecular flexibility index (Phi) is 2.00. The predicted octanol–water partition coefficient (Wildman–Crippen LogP) is 2.34. The first-order valence-corrected chi connectivity index (χ1v) is 4.66. The van der Waals surface area contributed by atoms with Gasteiger partial charge in [0.15, 0.2) is 0 Å². The number of hydrogen-bond donors (Lipinski definition) is 0. The third-order valence-corrected chi connectivity index (χ3v) is 2.62. The van der Waals surface area contributed by atoms with Gasteiger partial charge in [-0.2, -0.15) is 0 Å². The molecule has 0 unspecified atom stereocenters. The van der Waals surface area contributed by atoms with Gasteiger partial charge < -0.3 is 9.30 Å². The van der Waals surface area contributed by atoms with E-state index >= 15 is 0 Å². The van der Waals surface area contributed by atoms with Gasteiger partial charge in [0.05, 0.1) is 28.9 Å². The van der Waals surface area contributed by atoms with Crippen LogP contribution in [0.4, 0.5) is 0 Å². The molecule has 0 aliphatic rings. The molecule has 0 amide bonds. The van der Waals surface area contributed by atoms with Crippen LogP contribution in [0, 0.1) is 0 Å². The summed E-state index contributed by atoms with van der Waals surface area (Å²) in [7, 11) is 3.61. The molecule has 2 aromatic rings. The van der Waals surface area contributed by atoms with E-state index in [1.807, 2.05) is 23.7 Å². The number of methoxy groups -OCH3 is 1. The molecule has 0 N–H and O–H groups in total. The first kappa shape index (κ1) is 8.56. The zero-order chi connectivity index (χ0) is 9.42. The van der Waals surface area contributed by atoms with Crippen LogP contribution in [-0.4, -0.2) is 16.7 Å². The number of halogens is 1. The second-order valence-electron chi connectivity index (χ2n) is 2.83. The van der Waals surface area contributed by atoms with Gasteiger partial charge in [0.2, 0.25) is 0 Å². The van der Waals surface area contributed by atoms with E-state index in [2.05, 4.69) is 20.9 Å². The van der Waals surface area contributed by atoms with E-state index in [1.165, 1.54) is 0 Å². The Morgan fingerprint density at radius 2 is 2.23 bits per heavy atom. The van der Waals surface area contributed by atoms with Crippen LogP contribution in [0.1, 0.15) is 0 Å². The minimum absolute atomic E-state index is 0.811. The summed E-state index contributed by atoms with van der Waals surface area (Å²) < 4.78 is 8.09. The highest BCUT2D eigenvalue weighted by atomic mass is 79.9. The van der Waals surface area contributed by atoms with Crippen molar-refractivity contribution >= 4 is 27.0 Å². The van der Waals surface area contributed by atoms with Gasteiger partial charge in [-0.25, -0.2) is 4.98 Å².